The third-order valence-electron chi connectivity index (χ3n) is 3.84. The van der Waals surface area contributed by atoms with E-state index in [0.29, 0.717) is 12.1 Å². The molecule has 3 rings (SSSR count). The SMILES string of the molecule is CN(C)[C@@H](CNC(=O)c1cc2ccccc2oc1=O)c1cccs1. The van der Waals surface area contributed by atoms with E-state index in [9.17, 15) is 9.59 Å². The zero-order chi connectivity index (χ0) is 17.1. The molecule has 0 aliphatic heterocycles. The molecule has 0 saturated heterocycles. The summed E-state index contributed by atoms with van der Waals surface area (Å²) in [4.78, 5) is 27.7. The third kappa shape index (κ3) is 3.39. The molecule has 0 aliphatic carbocycles. The molecule has 2 aromatic heterocycles. The lowest BCUT2D eigenvalue weighted by Crippen LogP contribution is -2.36. The van der Waals surface area contributed by atoms with Crippen molar-refractivity contribution in [1.82, 2.24) is 10.2 Å². The number of thiophene rings is 1. The highest BCUT2D eigenvalue weighted by atomic mass is 32.1. The molecule has 3 aromatic rings. The first-order valence-corrected chi connectivity index (χ1v) is 8.45. The van der Waals surface area contributed by atoms with E-state index in [1.54, 1.807) is 29.5 Å². The van der Waals surface area contributed by atoms with Crippen molar-refractivity contribution in [3.63, 3.8) is 0 Å². The van der Waals surface area contributed by atoms with Crippen molar-refractivity contribution in [2.75, 3.05) is 20.6 Å². The molecule has 0 aliphatic rings. The number of nitrogens with one attached hydrogen (secondary N) is 1. The fraction of sp³-hybridized carbons (Fsp3) is 0.222. The van der Waals surface area contributed by atoms with Gasteiger partial charge in [0.1, 0.15) is 11.1 Å². The molecular weight excluding hydrogens is 324 g/mol. The van der Waals surface area contributed by atoms with Crippen LogP contribution in [0, 0.1) is 0 Å². The summed E-state index contributed by atoms with van der Waals surface area (Å²) in [5, 5.41) is 5.57. The van der Waals surface area contributed by atoms with Gasteiger partial charge in [-0.3, -0.25) is 4.79 Å². The van der Waals surface area contributed by atoms with Gasteiger partial charge in [0.05, 0.1) is 6.04 Å². The number of carbonyl (C=O) groups is 1. The summed E-state index contributed by atoms with van der Waals surface area (Å²) in [6, 6.07) is 12.8. The maximum absolute atomic E-state index is 12.4. The highest BCUT2D eigenvalue weighted by Gasteiger charge is 2.19. The van der Waals surface area contributed by atoms with Crippen LogP contribution in [0.1, 0.15) is 21.3 Å². The van der Waals surface area contributed by atoms with Crippen LogP contribution in [0.4, 0.5) is 0 Å². The van der Waals surface area contributed by atoms with Crippen molar-refractivity contribution in [1.29, 1.82) is 0 Å². The fourth-order valence-electron chi connectivity index (χ4n) is 2.52. The fourth-order valence-corrected chi connectivity index (χ4v) is 3.45. The molecular formula is C18H18N2O3S. The topological polar surface area (TPSA) is 62.6 Å². The smallest absolute Gasteiger partial charge is 0.349 e. The molecule has 24 heavy (non-hydrogen) atoms. The maximum atomic E-state index is 12.4. The second kappa shape index (κ2) is 6.98. The van der Waals surface area contributed by atoms with Crippen molar-refractivity contribution in [2.45, 2.75) is 6.04 Å². The number of likely N-dealkylation sites (N-methyl/N-ethyl adjacent to an activating group) is 1. The average molecular weight is 342 g/mol. The van der Waals surface area contributed by atoms with Gasteiger partial charge in [-0.1, -0.05) is 24.3 Å². The molecule has 0 saturated carbocycles. The Bertz CT molecular complexity index is 900. The van der Waals surface area contributed by atoms with Gasteiger partial charge in [-0.15, -0.1) is 11.3 Å². The Kier molecular flexibility index (Phi) is 4.78. The molecule has 1 N–H and O–H groups in total. The largest absolute Gasteiger partial charge is 0.422 e. The quantitative estimate of drug-likeness (QED) is 0.724. The molecule has 6 heteroatoms. The minimum absolute atomic E-state index is 0.0254. The van der Waals surface area contributed by atoms with Gasteiger partial charge >= 0.3 is 5.63 Å². The van der Waals surface area contributed by atoms with Crippen molar-refractivity contribution in [3.8, 4) is 0 Å². The Morgan fingerprint density at radius 1 is 1.25 bits per heavy atom. The summed E-state index contributed by atoms with van der Waals surface area (Å²) in [5.74, 6) is -0.419. The van der Waals surface area contributed by atoms with Crippen molar-refractivity contribution < 1.29 is 9.21 Å². The highest BCUT2D eigenvalue weighted by molar-refractivity contribution is 7.10. The van der Waals surface area contributed by atoms with Crippen LogP contribution >= 0.6 is 11.3 Å². The molecule has 1 amide bonds. The van der Waals surface area contributed by atoms with Gasteiger partial charge in [-0.25, -0.2) is 4.79 Å². The Labute approximate surface area is 143 Å². The summed E-state index contributed by atoms with van der Waals surface area (Å²) in [6.07, 6.45) is 0. The van der Waals surface area contributed by atoms with Crippen molar-refractivity contribution >= 4 is 28.2 Å². The first-order valence-electron chi connectivity index (χ1n) is 7.57. The number of amides is 1. The predicted octanol–water partition coefficient (Wildman–Crippen LogP) is 2.89. The molecule has 0 fully saturated rings. The lowest BCUT2D eigenvalue weighted by molar-refractivity contribution is 0.0939. The Morgan fingerprint density at radius 2 is 2.04 bits per heavy atom. The van der Waals surface area contributed by atoms with Crippen LogP contribution in [0.5, 0.6) is 0 Å². The van der Waals surface area contributed by atoms with Crippen LogP contribution in [0.2, 0.25) is 0 Å². The van der Waals surface area contributed by atoms with E-state index in [4.69, 9.17) is 4.42 Å². The van der Waals surface area contributed by atoms with Crippen LogP contribution in [0.15, 0.2) is 57.1 Å². The minimum Gasteiger partial charge on any atom is -0.422 e. The minimum atomic E-state index is -0.622. The second-order valence-electron chi connectivity index (χ2n) is 5.69. The summed E-state index contributed by atoms with van der Waals surface area (Å²) in [5.41, 5.74) is -0.120. The van der Waals surface area contributed by atoms with Gasteiger partial charge in [0.15, 0.2) is 0 Å². The lowest BCUT2D eigenvalue weighted by atomic mass is 10.1. The van der Waals surface area contributed by atoms with E-state index in [2.05, 4.69) is 5.32 Å². The molecule has 0 radical (unpaired) electrons. The summed E-state index contributed by atoms with van der Waals surface area (Å²) in [7, 11) is 3.92. The van der Waals surface area contributed by atoms with Crippen LogP contribution in [0.3, 0.4) is 0 Å². The molecule has 1 atom stereocenters. The van der Waals surface area contributed by atoms with E-state index in [-0.39, 0.29) is 11.6 Å². The number of para-hydroxylation sites is 1. The average Bonchev–Trinajstić information content (AvgIpc) is 3.08. The maximum Gasteiger partial charge on any atom is 0.349 e. The lowest BCUT2D eigenvalue weighted by Gasteiger charge is -2.23. The summed E-state index contributed by atoms with van der Waals surface area (Å²) in [6.45, 7) is 0.415. The molecule has 124 valence electrons. The van der Waals surface area contributed by atoms with Gasteiger partial charge < -0.3 is 14.6 Å². The van der Waals surface area contributed by atoms with Crippen LogP contribution in [0.25, 0.3) is 11.0 Å². The van der Waals surface area contributed by atoms with Crippen LogP contribution in [-0.2, 0) is 0 Å². The first-order chi connectivity index (χ1) is 11.6. The summed E-state index contributed by atoms with van der Waals surface area (Å²) >= 11 is 1.64. The highest BCUT2D eigenvalue weighted by Crippen LogP contribution is 2.22. The molecule has 0 spiro atoms. The predicted molar refractivity (Wildman–Crippen MR) is 95.6 cm³/mol. The van der Waals surface area contributed by atoms with E-state index in [1.165, 1.54) is 0 Å². The van der Waals surface area contributed by atoms with Crippen molar-refractivity contribution in [3.05, 3.63) is 68.7 Å². The second-order valence-corrected chi connectivity index (χ2v) is 6.67. The van der Waals surface area contributed by atoms with E-state index in [1.807, 2.05) is 48.6 Å². The number of hydrogen-bond donors (Lipinski definition) is 1. The third-order valence-corrected chi connectivity index (χ3v) is 4.81. The molecule has 1 aromatic carbocycles. The van der Waals surface area contributed by atoms with Gasteiger partial charge in [0.2, 0.25) is 0 Å². The molecule has 0 bridgehead atoms. The van der Waals surface area contributed by atoms with E-state index >= 15 is 0 Å². The molecule has 5 nitrogen and oxygen atoms in total. The van der Waals surface area contributed by atoms with Crippen molar-refractivity contribution in [2.24, 2.45) is 0 Å². The Morgan fingerprint density at radius 3 is 2.75 bits per heavy atom. The number of carbonyl (C=O) groups excluding carboxylic acids is 1. The van der Waals surface area contributed by atoms with Gasteiger partial charge in [0.25, 0.3) is 5.91 Å². The number of benzene rings is 1. The van der Waals surface area contributed by atoms with Crippen LogP contribution in [-0.4, -0.2) is 31.4 Å². The molecule has 2 heterocycles. The van der Waals surface area contributed by atoms with Gasteiger partial charge in [-0.2, -0.15) is 0 Å². The zero-order valence-corrected chi connectivity index (χ0v) is 14.3. The Hall–Kier alpha value is -2.44. The Balaban J connectivity index is 1.80. The van der Waals surface area contributed by atoms with Gasteiger partial charge in [-0.05, 0) is 37.7 Å². The van der Waals surface area contributed by atoms with Gasteiger partial charge in [0, 0.05) is 16.8 Å². The first kappa shape index (κ1) is 16.4. The normalized spacial score (nSPS) is 12.5. The number of nitrogens with zero attached hydrogens (tertiary/aromatic N) is 1. The number of hydrogen-bond acceptors (Lipinski definition) is 5. The standard InChI is InChI=1S/C18H18N2O3S/c1-20(2)14(16-8-5-9-24-16)11-19-17(21)13-10-12-6-3-4-7-15(12)23-18(13)22/h3-10,14H,11H2,1-2H3,(H,19,21)/t14-/m0/s1. The monoisotopic (exact) mass is 342 g/mol. The molecule has 0 unspecified atom stereocenters. The van der Waals surface area contributed by atoms with E-state index in [0.717, 1.165) is 10.3 Å². The van der Waals surface area contributed by atoms with E-state index < -0.39 is 11.5 Å². The zero-order valence-electron chi connectivity index (χ0n) is 13.5. The van der Waals surface area contributed by atoms with Crippen LogP contribution < -0.4 is 10.9 Å². The number of rotatable bonds is 5. The number of fused-ring (bicyclic) bond motifs is 1. The summed E-state index contributed by atoms with van der Waals surface area (Å²) < 4.78 is 5.22.